The Labute approximate surface area is 94.3 Å². The summed E-state index contributed by atoms with van der Waals surface area (Å²) in [4.78, 5) is 0. The quantitative estimate of drug-likeness (QED) is 0.665. The molecule has 0 bridgehead atoms. The lowest BCUT2D eigenvalue weighted by Crippen LogP contribution is -2.06. The Kier molecular flexibility index (Phi) is 2.90. The van der Waals surface area contributed by atoms with Gasteiger partial charge in [-0.15, -0.1) is 0 Å². The largest absolute Gasteiger partial charge is 0.204 e. The summed E-state index contributed by atoms with van der Waals surface area (Å²) in [5, 5.41) is 0. The molecule has 0 radical (unpaired) electrons. The molecule has 2 heteroatoms. The van der Waals surface area contributed by atoms with E-state index in [4.69, 9.17) is 0 Å². The molecule has 0 fully saturated rings. The molecule has 0 nitrogen and oxygen atoms in total. The highest BCUT2D eigenvalue weighted by atomic mass is 19.2. The van der Waals surface area contributed by atoms with Crippen LogP contribution < -0.4 is 0 Å². The van der Waals surface area contributed by atoms with Gasteiger partial charge in [-0.2, -0.15) is 0 Å². The number of benzene rings is 1. The number of allylic oxidation sites excluding steroid dienone is 4. The molecule has 1 aliphatic rings. The van der Waals surface area contributed by atoms with Crippen LogP contribution in [0.2, 0.25) is 0 Å². The fourth-order valence-electron chi connectivity index (χ4n) is 1.79. The molecule has 84 valence electrons. The summed E-state index contributed by atoms with van der Waals surface area (Å²) in [6.07, 6.45) is 6.16. The lowest BCUT2D eigenvalue weighted by molar-refractivity contribution is 0.508. The molecule has 0 saturated heterocycles. The van der Waals surface area contributed by atoms with Crippen LogP contribution in [-0.4, -0.2) is 0 Å². The molecule has 0 spiro atoms. The first-order valence-electron chi connectivity index (χ1n) is 5.43. The van der Waals surface area contributed by atoms with Crippen molar-refractivity contribution in [3.05, 3.63) is 53.6 Å². The Morgan fingerprint density at radius 3 is 2.38 bits per heavy atom. The van der Waals surface area contributed by atoms with Gasteiger partial charge in [-0.1, -0.05) is 38.1 Å². The van der Waals surface area contributed by atoms with Gasteiger partial charge in [0.2, 0.25) is 0 Å². The van der Waals surface area contributed by atoms with Crippen LogP contribution >= 0.6 is 0 Å². The second-order valence-electron chi connectivity index (χ2n) is 4.33. The van der Waals surface area contributed by atoms with Crippen molar-refractivity contribution in [3.63, 3.8) is 0 Å². The van der Waals surface area contributed by atoms with Gasteiger partial charge in [0.25, 0.3) is 0 Å². The minimum absolute atomic E-state index is 0.424. The maximum Gasteiger partial charge on any atom is 0.159 e. The summed E-state index contributed by atoms with van der Waals surface area (Å²) in [5.41, 5.74) is 1.69. The van der Waals surface area contributed by atoms with Gasteiger partial charge in [0, 0.05) is 0 Å². The average molecular weight is 220 g/mol. The van der Waals surface area contributed by atoms with Gasteiger partial charge in [-0.25, -0.2) is 8.78 Å². The highest BCUT2D eigenvalue weighted by Crippen LogP contribution is 2.28. The first-order valence-corrected chi connectivity index (χ1v) is 5.43. The van der Waals surface area contributed by atoms with Gasteiger partial charge in [-0.3, -0.25) is 0 Å². The van der Waals surface area contributed by atoms with Crippen molar-refractivity contribution in [3.8, 4) is 0 Å². The van der Waals surface area contributed by atoms with Crippen LogP contribution in [0.4, 0.5) is 8.78 Å². The van der Waals surface area contributed by atoms with Gasteiger partial charge >= 0.3 is 0 Å². The number of hydrogen-bond acceptors (Lipinski definition) is 0. The van der Waals surface area contributed by atoms with Crippen LogP contribution in [0.25, 0.3) is 5.57 Å². The van der Waals surface area contributed by atoms with Crippen molar-refractivity contribution in [1.82, 2.24) is 0 Å². The van der Waals surface area contributed by atoms with Crippen molar-refractivity contribution >= 4 is 5.57 Å². The molecule has 0 aliphatic heterocycles. The predicted molar refractivity (Wildman–Crippen MR) is 61.8 cm³/mol. The smallest absolute Gasteiger partial charge is 0.159 e. The zero-order chi connectivity index (χ0) is 11.7. The second kappa shape index (κ2) is 4.20. The zero-order valence-electron chi connectivity index (χ0n) is 9.37. The van der Waals surface area contributed by atoms with E-state index in [0.29, 0.717) is 11.8 Å². The minimum atomic E-state index is -0.800. The molecule has 0 aromatic heterocycles. The topological polar surface area (TPSA) is 0 Å². The standard InChI is InChI=1S/C14H14F2/c1-9-3-4-11(7-10(9)2)12-5-6-13(15)14(16)8-12/h3-10H,1-2H3. The van der Waals surface area contributed by atoms with E-state index in [1.807, 2.05) is 6.08 Å². The molecule has 1 aliphatic carbocycles. The first kappa shape index (κ1) is 11.1. The molecule has 16 heavy (non-hydrogen) atoms. The van der Waals surface area contributed by atoms with E-state index in [-0.39, 0.29) is 0 Å². The Morgan fingerprint density at radius 2 is 1.75 bits per heavy atom. The average Bonchev–Trinajstić information content (AvgIpc) is 2.26. The summed E-state index contributed by atoms with van der Waals surface area (Å²) in [6, 6.07) is 4.02. The van der Waals surface area contributed by atoms with Gasteiger partial charge in [-0.05, 0) is 35.1 Å². The fourth-order valence-corrected chi connectivity index (χ4v) is 1.79. The van der Waals surface area contributed by atoms with E-state index in [1.165, 1.54) is 12.1 Å². The summed E-state index contributed by atoms with van der Waals surface area (Å²) in [7, 11) is 0. The van der Waals surface area contributed by atoms with Crippen molar-refractivity contribution in [2.75, 3.05) is 0 Å². The zero-order valence-corrected chi connectivity index (χ0v) is 9.37. The van der Waals surface area contributed by atoms with E-state index in [0.717, 1.165) is 11.1 Å². The lowest BCUT2D eigenvalue weighted by atomic mass is 9.86. The van der Waals surface area contributed by atoms with E-state index >= 15 is 0 Å². The maximum atomic E-state index is 13.1. The van der Waals surface area contributed by atoms with Gasteiger partial charge in [0.15, 0.2) is 11.6 Å². The SMILES string of the molecule is CC1C=CC(c2ccc(F)c(F)c2)=CC1C. The monoisotopic (exact) mass is 220 g/mol. The van der Waals surface area contributed by atoms with E-state index in [1.54, 1.807) is 6.07 Å². The van der Waals surface area contributed by atoms with E-state index < -0.39 is 11.6 Å². The van der Waals surface area contributed by atoms with Gasteiger partial charge in [0.1, 0.15) is 0 Å². The van der Waals surface area contributed by atoms with Crippen molar-refractivity contribution in [2.24, 2.45) is 11.8 Å². The third-order valence-corrected chi connectivity index (χ3v) is 3.10. The summed E-state index contributed by atoms with van der Waals surface area (Å²) in [5.74, 6) is -0.675. The Morgan fingerprint density at radius 1 is 1.00 bits per heavy atom. The van der Waals surface area contributed by atoms with Crippen LogP contribution in [0.5, 0.6) is 0 Å². The van der Waals surface area contributed by atoms with Crippen LogP contribution in [-0.2, 0) is 0 Å². The Bertz CT molecular complexity index is 458. The highest BCUT2D eigenvalue weighted by Gasteiger charge is 2.13. The van der Waals surface area contributed by atoms with Crippen LogP contribution in [0.1, 0.15) is 19.4 Å². The lowest BCUT2D eigenvalue weighted by Gasteiger charge is -2.19. The maximum absolute atomic E-state index is 13.1. The van der Waals surface area contributed by atoms with Crippen LogP contribution in [0.3, 0.4) is 0 Å². The molecule has 2 atom stereocenters. The number of hydrogen-bond donors (Lipinski definition) is 0. The highest BCUT2D eigenvalue weighted by molar-refractivity contribution is 5.75. The predicted octanol–water partition coefficient (Wildman–Crippen LogP) is 4.19. The summed E-state index contributed by atoms with van der Waals surface area (Å²) in [6.45, 7) is 4.26. The normalized spacial score (nSPS) is 24.4. The summed E-state index contributed by atoms with van der Waals surface area (Å²) < 4.78 is 25.9. The third kappa shape index (κ3) is 2.06. The van der Waals surface area contributed by atoms with Crippen LogP contribution in [0, 0.1) is 23.5 Å². The Hall–Kier alpha value is -1.44. The van der Waals surface area contributed by atoms with Gasteiger partial charge in [0.05, 0.1) is 0 Å². The number of halogens is 2. The van der Waals surface area contributed by atoms with Crippen molar-refractivity contribution in [1.29, 1.82) is 0 Å². The summed E-state index contributed by atoms with van der Waals surface area (Å²) >= 11 is 0. The third-order valence-electron chi connectivity index (χ3n) is 3.10. The minimum Gasteiger partial charge on any atom is -0.204 e. The molecule has 2 unspecified atom stereocenters. The van der Waals surface area contributed by atoms with E-state index in [2.05, 4.69) is 26.0 Å². The molecule has 2 rings (SSSR count). The molecule has 0 amide bonds. The number of rotatable bonds is 1. The fraction of sp³-hybridized carbons (Fsp3) is 0.286. The molecule has 0 heterocycles. The molecular weight excluding hydrogens is 206 g/mol. The van der Waals surface area contributed by atoms with Gasteiger partial charge < -0.3 is 0 Å². The molecule has 0 saturated carbocycles. The molecule has 1 aromatic carbocycles. The molecule has 1 aromatic rings. The van der Waals surface area contributed by atoms with Crippen molar-refractivity contribution in [2.45, 2.75) is 13.8 Å². The first-order chi connectivity index (χ1) is 7.58. The molecule has 0 N–H and O–H groups in total. The van der Waals surface area contributed by atoms with Crippen molar-refractivity contribution < 1.29 is 8.78 Å². The van der Waals surface area contributed by atoms with Crippen LogP contribution in [0.15, 0.2) is 36.4 Å². The molecular formula is C14H14F2. The Balaban J connectivity index is 2.35. The van der Waals surface area contributed by atoms with E-state index in [9.17, 15) is 8.78 Å². The second-order valence-corrected chi connectivity index (χ2v) is 4.33.